The molecule has 0 fully saturated rings. The lowest BCUT2D eigenvalue weighted by Gasteiger charge is -2.06. The summed E-state index contributed by atoms with van der Waals surface area (Å²) in [6.45, 7) is 6.40. The van der Waals surface area contributed by atoms with Crippen LogP contribution in [-0.4, -0.2) is 24.1 Å². The average Bonchev–Trinajstić information content (AvgIpc) is 2.86. The van der Waals surface area contributed by atoms with Gasteiger partial charge >= 0.3 is 5.97 Å². The van der Waals surface area contributed by atoms with Gasteiger partial charge in [0.15, 0.2) is 0 Å². The minimum Gasteiger partial charge on any atom is -0.494 e. The van der Waals surface area contributed by atoms with E-state index in [0.29, 0.717) is 30.2 Å². The second kappa shape index (κ2) is 16.1. The van der Waals surface area contributed by atoms with Gasteiger partial charge in [0.25, 0.3) is 5.69 Å². The van der Waals surface area contributed by atoms with Crippen LogP contribution >= 0.6 is 0 Å². The van der Waals surface area contributed by atoms with Gasteiger partial charge in [-0.1, -0.05) is 51.5 Å². The zero-order valence-corrected chi connectivity index (χ0v) is 20.5. The summed E-state index contributed by atoms with van der Waals surface area (Å²) in [5.74, 6) is 0.502. The van der Waals surface area contributed by atoms with E-state index in [1.807, 2.05) is 24.3 Å². The van der Waals surface area contributed by atoms with E-state index in [-0.39, 0.29) is 11.7 Å². The summed E-state index contributed by atoms with van der Waals surface area (Å²) in [5, 5.41) is 18.9. The molecule has 0 spiro atoms. The molecule has 2 aromatic carbocycles. The van der Waals surface area contributed by atoms with Crippen molar-refractivity contribution in [3.8, 4) is 5.75 Å². The first-order valence-corrected chi connectivity index (χ1v) is 12.2. The Morgan fingerprint density at radius 3 is 1.74 bits per heavy atom. The molecule has 35 heavy (non-hydrogen) atoms. The summed E-state index contributed by atoms with van der Waals surface area (Å²) in [4.78, 5) is 21.5. The van der Waals surface area contributed by atoms with E-state index in [1.54, 1.807) is 19.1 Å². The molecule has 0 saturated heterocycles. The molecular weight excluding hydrogens is 446 g/mol. The lowest BCUT2D eigenvalue weighted by Crippen LogP contribution is -2.05. The molecule has 188 valence electrons. The first kappa shape index (κ1) is 27.7. The topological polar surface area (TPSA) is 103 Å². The van der Waals surface area contributed by atoms with Gasteiger partial charge in [-0.2, -0.15) is 10.2 Å². The van der Waals surface area contributed by atoms with Gasteiger partial charge in [0.05, 0.1) is 29.5 Å². The number of unbranched alkanes of at least 4 members (excludes halogenated alkanes) is 8. The highest BCUT2D eigenvalue weighted by molar-refractivity contribution is 5.86. The summed E-state index contributed by atoms with van der Waals surface area (Å²) in [6.07, 6.45) is 10.3. The van der Waals surface area contributed by atoms with E-state index < -0.39 is 4.92 Å². The number of nitro groups is 1. The minimum atomic E-state index is -0.446. The molecule has 0 heterocycles. The van der Waals surface area contributed by atoms with Crippen molar-refractivity contribution in [2.75, 3.05) is 13.2 Å². The first-order chi connectivity index (χ1) is 17.0. The monoisotopic (exact) mass is 481 g/mol. The second-order valence-corrected chi connectivity index (χ2v) is 8.41. The quantitative estimate of drug-likeness (QED) is 0.0568. The molecule has 2 aromatic rings. The third-order valence-electron chi connectivity index (χ3n) is 5.32. The maximum atomic E-state index is 11.3. The molecule has 0 radical (unpaired) electrons. The van der Waals surface area contributed by atoms with Crippen LogP contribution in [0.5, 0.6) is 5.75 Å². The number of hydrogen-bond donors (Lipinski definition) is 0. The van der Waals surface area contributed by atoms with Gasteiger partial charge in [-0.15, -0.1) is 0 Å². The number of nitro benzene ring substituents is 1. The van der Waals surface area contributed by atoms with E-state index in [0.717, 1.165) is 31.4 Å². The number of rotatable bonds is 17. The number of esters is 1. The molecule has 8 nitrogen and oxygen atoms in total. The number of azo groups is 1. The average molecular weight is 482 g/mol. The van der Waals surface area contributed by atoms with Crippen LogP contribution in [0, 0.1) is 10.1 Å². The maximum Gasteiger partial charge on any atom is 0.333 e. The van der Waals surface area contributed by atoms with E-state index in [2.05, 4.69) is 16.8 Å². The molecule has 8 heteroatoms. The van der Waals surface area contributed by atoms with Crippen LogP contribution in [0.25, 0.3) is 0 Å². The summed E-state index contributed by atoms with van der Waals surface area (Å²) < 4.78 is 10.9. The van der Waals surface area contributed by atoms with Crippen molar-refractivity contribution < 1.29 is 19.2 Å². The maximum absolute atomic E-state index is 11.3. The van der Waals surface area contributed by atoms with E-state index in [9.17, 15) is 14.9 Å². The number of carbonyl (C=O) groups excluding carboxylic acids is 1. The molecule has 0 aliphatic carbocycles. The number of nitrogens with zero attached hydrogens (tertiary/aromatic N) is 3. The number of hydrogen-bond acceptors (Lipinski definition) is 7. The van der Waals surface area contributed by atoms with Crippen molar-refractivity contribution in [2.24, 2.45) is 10.2 Å². The normalized spacial score (nSPS) is 10.9. The Bertz CT molecular complexity index is 956. The molecule has 0 unspecified atom stereocenters. The lowest BCUT2D eigenvalue weighted by molar-refractivity contribution is -0.384. The highest BCUT2D eigenvalue weighted by Crippen LogP contribution is 2.23. The third kappa shape index (κ3) is 11.9. The Kier molecular flexibility index (Phi) is 12.8. The molecule has 0 atom stereocenters. The van der Waals surface area contributed by atoms with Crippen molar-refractivity contribution in [1.29, 1.82) is 0 Å². The zero-order chi connectivity index (χ0) is 25.3. The van der Waals surface area contributed by atoms with Gasteiger partial charge in [-0.3, -0.25) is 10.1 Å². The van der Waals surface area contributed by atoms with Crippen molar-refractivity contribution in [1.82, 2.24) is 0 Å². The predicted octanol–water partition coefficient (Wildman–Crippen LogP) is 8.02. The van der Waals surface area contributed by atoms with Crippen LogP contribution in [0.3, 0.4) is 0 Å². The van der Waals surface area contributed by atoms with Crippen LogP contribution in [0.1, 0.15) is 64.7 Å². The van der Waals surface area contributed by atoms with Gasteiger partial charge in [-0.25, -0.2) is 4.79 Å². The van der Waals surface area contributed by atoms with Crippen molar-refractivity contribution >= 4 is 23.0 Å². The fourth-order valence-corrected chi connectivity index (χ4v) is 3.29. The van der Waals surface area contributed by atoms with Crippen LogP contribution in [0.4, 0.5) is 17.1 Å². The van der Waals surface area contributed by atoms with Crippen molar-refractivity contribution in [2.45, 2.75) is 64.7 Å². The Morgan fingerprint density at radius 1 is 0.800 bits per heavy atom. The Hall–Kier alpha value is -3.55. The number of ether oxygens (including phenoxy) is 2. The second-order valence-electron chi connectivity index (χ2n) is 8.41. The Morgan fingerprint density at radius 2 is 1.26 bits per heavy atom. The zero-order valence-electron chi connectivity index (χ0n) is 20.5. The van der Waals surface area contributed by atoms with Crippen molar-refractivity contribution in [3.05, 3.63) is 70.8 Å². The number of benzene rings is 2. The van der Waals surface area contributed by atoms with E-state index in [4.69, 9.17) is 9.47 Å². The molecule has 2 rings (SSSR count). The number of non-ortho nitro benzene ring substituents is 1. The molecule has 0 N–H and O–H groups in total. The molecule has 0 bridgehead atoms. The standard InChI is InChI=1S/C27H35N3O5/c1-22(2)27(31)35-21-11-9-7-5-3-4-6-8-10-20-34-26-18-14-24(15-19-26)29-28-23-12-16-25(17-13-23)30(32)33/h12-19H,1,3-11,20-21H2,2H3. The van der Waals surface area contributed by atoms with Crippen LogP contribution in [0.15, 0.2) is 70.9 Å². The summed E-state index contributed by atoms with van der Waals surface area (Å²) in [5.41, 5.74) is 1.72. The third-order valence-corrected chi connectivity index (χ3v) is 5.32. The Labute approximate surface area is 207 Å². The predicted molar refractivity (Wildman–Crippen MR) is 137 cm³/mol. The largest absolute Gasteiger partial charge is 0.494 e. The first-order valence-electron chi connectivity index (χ1n) is 12.2. The summed E-state index contributed by atoms with van der Waals surface area (Å²) in [6, 6.07) is 13.3. The van der Waals surface area contributed by atoms with E-state index in [1.165, 1.54) is 44.2 Å². The highest BCUT2D eigenvalue weighted by atomic mass is 16.6. The number of carbonyl (C=O) groups is 1. The van der Waals surface area contributed by atoms with E-state index >= 15 is 0 Å². The fourth-order valence-electron chi connectivity index (χ4n) is 3.29. The molecule has 0 amide bonds. The van der Waals surface area contributed by atoms with Crippen LogP contribution < -0.4 is 4.74 Å². The van der Waals surface area contributed by atoms with Crippen molar-refractivity contribution in [3.63, 3.8) is 0 Å². The van der Waals surface area contributed by atoms with Gasteiger partial charge in [0.1, 0.15) is 5.75 Å². The fraction of sp³-hybridized carbons (Fsp3) is 0.444. The highest BCUT2D eigenvalue weighted by Gasteiger charge is 2.04. The SMILES string of the molecule is C=C(C)C(=O)OCCCCCCCCCCCOc1ccc(N=Nc2ccc([N+](=O)[O-])cc2)cc1. The lowest BCUT2D eigenvalue weighted by atomic mass is 10.1. The van der Waals surface area contributed by atoms with Crippen LogP contribution in [0.2, 0.25) is 0 Å². The molecule has 0 aromatic heterocycles. The molecule has 0 saturated carbocycles. The smallest absolute Gasteiger partial charge is 0.333 e. The van der Waals surface area contributed by atoms with Gasteiger partial charge in [0, 0.05) is 17.7 Å². The molecule has 0 aliphatic rings. The summed E-state index contributed by atoms with van der Waals surface area (Å²) in [7, 11) is 0. The van der Waals surface area contributed by atoms with Gasteiger partial charge in [0.2, 0.25) is 0 Å². The van der Waals surface area contributed by atoms with Crippen LogP contribution in [-0.2, 0) is 9.53 Å². The minimum absolute atomic E-state index is 0.0259. The summed E-state index contributed by atoms with van der Waals surface area (Å²) >= 11 is 0. The van der Waals surface area contributed by atoms with Gasteiger partial charge < -0.3 is 9.47 Å². The molecule has 0 aliphatic heterocycles. The van der Waals surface area contributed by atoms with Gasteiger partial charge in [-0.05, 0) is 56.2 Å². The molecular formula is C27H35N3O5. The Balaban J connectivity index is 1.48.